The average molecular weight is 880 g/mol. The maximum Gasteiger partial charge on any atom is 0.261 e. The zero-order valence-corrected chi connectivity index (χ0v) is 40.6. The Labute approximate surface area is 377 Å². The van der Waals surface area contributed by atoms with Crippen LogP contribution in [0.25, 0.3) is 12.2 Å². The molecule has 324 valence electrons. The molecule has 0 aliphatic rings. The first-order chi connectivity index (χ1) is 29.9. The van der Waals surface area contributed by atoms with Crippen LogP contribution in [0.5, 0.6) is 5.75 Å². The Morgan fingerprint density at radius 3 is 1.47 bits per heavy atom. The summed E-state index contributed by atoms with van der Waals surface area (Å²) in [6, 6.07) is 53.8. The number of carbonyl (C=O) groups is 1. The van der Waals surface area contributed by atoms with Crippen LogP contribution in [-0.4, -0.2) is 55.8 Å². The van der Waals surface area contributed by atoms with E-state index in [0.29, 0.717) is 24.7 Å². The van der Waals surface area contributed by atoms with Crippen molar-refractivity contribution in [2.45, 2.75) is 77.8 Å². The van der Waals surface area contributed by atoms with Crippen LogP contribution in [0.1, 0.15) is 87.8 Å². The first kappa shape index (κ1) is 46.7. The fourth-order valence-corrected chi connectivity index (χ4v) is 18.6. The lowest BCUT2D eigenvalue weighted by Gasteiger charge is -2.43. The molecule has 0 bridgehead atoms. The summed E-state index contributed by atoms with van der Waals surface area (Å²) in [5, 5.41) is 4.99. The Hall–Kier alpha value is -4.84. The molecule has 0 aliphatic heterocycles. The highest BCUT2D eigenvalue weighted by atomic mass is 32.1. The molecule has 6 aromatic rings. The van der Waals surface area contributed by atoms with E-state index in [0.717, 1.165) is 60.5 Å². The Morgan fingerprint density at radius 1 is 0.548 bits per heavy atom. The highest BCUT2D eigenvalue weighted by Gasteiger charge is 2.51. The van der Waals surface area contributed by atoms with E-state index in [1.807, 2.05) is 12.1 Å². The SMILES string of the molecule is CCCN(CCO[Si](c1ccccc1)(c1ccccc1)C(C)(C)C)c1ccc(/C=C/c2ccc(C=O)s2)c(OCCCCO[Si](c2ccccc2)(c2ccccc2)C(C)(C)C)c1. The summed E-state index contributed by atoms with van der Waals surface area (Å²) in [6.07, 6.45) is 7.80. The fourth-order valence-electron chi connectivity index (χ4n) is 8.76. The van der Waals surface area contributed by atoms with Gasteiger partial charge >= 0.3 is 0 Å². The first-order valence-corrected chi connectivity index (χ1v) is 26.8. The monoisotopic (exact) mass is 879 g/mol. The van der Waals surface area contributed by atoms with E-state index in [-0.39, 0.29) is 10.1 Å². The van der Waals surface area contributed by atoms with Crippen LogP contribution in [0.3, 0.4) is 0 Å². The number of hydrogen-bond donors (Lipinski definition) is 0. The molecule has 0 aliphatic carbocycles. The number of aldehydes is 1. The number of rotatable bonds is 21. The van der Waals surface area contributed by atoms with Crippen LogP contribution in [0.4, 0.5) is 5.69 Å². The van der Waals surface area contributed by atoms with Crippen molar-refractivity contribution in [2.24, 2.45) is 0 Å². The van der Waals surface area contributed by atoms with Crippen LogP contribution in [0.2, 0.25) is 10.1 Å². The lowest BCUT2D eigenvalue weighted by atomic mass is 10.1. The summed E-state index contributed by atoms with van der Waals surface area (Å²) in [5.41, 5.74) is 2.11. The van der Waals surface area contributed by atoms with Gasteiger partial charge in [-0.1, -0.05) is 170 Å². The molecule has 0 unspecified atom stereocenters. The molecule has 8 heteroatoms. The van der Waals surface area contributed by atoms with E-state index in [9.17, 15) is 4.79 Å². The third kappa shape index (κ3) is 10.8. The van der Waals surface area contributed by atoms with Crippen molar-refractivity contribution >= 4 is 72.8 Å². The van der Waals surface area contributed by atoms with Gasteiger partial charge in [-0.25, -0.2) is 0 Å². The van der Waals surface area contributed by atoms with Gasteiger partial charge in [-0.15, -0.1) is 11.3 Å². The van der Waals surface area contributed by atoms with Gasteiger partial charge in [0.2, 0.25) is 0 Å². The van der Waals surface area contributed by atoms with Crippen LogP contribution in [0, 0.1) is 0 Å². The molecule has 0 saturated carbocycles. The summed E-state index contributed by atoms with van der Waals surface area (Å²) in [4.78, 5) is 15.6. The second-order valence-corrected chi connectivity index (χ2v) is 27.7. The molecule has 0 fully saturated rings. The van der Waals surface area contributed by atoms with Gasteiger partial charge in [0.25, 0.3) is 16.6 Å². The van der Waals surface area contributed by atoms with Crippen LogP contribution in [-0.2, 0) is 8.85 Å². The summed E-state index contributed by atoms with van der Waals surface area (Å²) < 4.78 is 21.2. The maximum atomic E-state index is 11.4. The number of anilines is 1. The molecule has 1 heterocycles. The van der Waals surface area contributed by atoms with E-state index in [4.69, 9.17) is 13.6 Å². The van der Waals surface area contributed by atoms with Gasteiger partial charge in [0, 0.05) is 41.9 Å². The van der Waals surface area contributed by atoms with Crippen molar-refractivity contribution < 1.29 is 18.4 Å². The second kappa shape index (κ2) is 21.5. The second-order valence-electron chi connectivity index (χ2n) is 18.0. The van der Waals surface area contributed by atoms with Crippen molar-refractivity contribution in [1.82, 2.24) is 0 Å². The van der Waals surface area contributed by atoms with Gasteiger partial charge in [-0.3, -0.25) is 4.79 Å². The minimum absolute atomic E-state index is 0.0716. The molecule has 5 nitrogen and oxygen atoms in total. The van der Waals surface area contributed by atoms with Gasteiger partial charge in [0.05, 0.1) is 18.1 Å². The van der Waals surface area contributed by atoms with Gasteiger partial charge in [-0.2, -0.15) is 0 Å². The molecule has 0 saturated heterocycles. The van der Waals surface area contributed by atoms with Crippen molar-refractivity contribution in [1.29, 1.82) is 0 Å². The van der Waals surface area contributed by atoms with Crippen LogP contribution < -0.4 is 30.4 Å². The van der Waals surface area contributed by atoms with Crippen molar-refractivity contribution in [3.63, 3.8) is 0 Å². The fraction of sp³-hybridized carbons (Fsp3) is 0.315. The molecule has 0 amide bonds. The molecule has 0 atom stereocenters. The number of unbranched alkanes of at least 4 members (excludes halogenated alkanes) is 1. The van der Waals surface area contributed by atoms with E-state index >= 15 is 0 Å². The van der Waals surface area contributed by atoms with E-state index in [1.165, 1.54) is 32.1 Å². The predicted molar refractivity (Wildman–Crippen MR) is 269 cm³/mol. The predicted octanol–water partition coefficient (Wildman–Crippen LogP) is 11.3. The number of ether oxygens (including phenoxy) is 1. The standard InChI is InChI=1S/C54H65NO4SSi2/c1-8-37-55(38-41-59-62(54(5,6)7,50-27-17-11-18-28-50)51-29-19-12-20-30-51)45-33-31-44(32-34-46-35-36-47(43-56)60-46)52(42-45)57-39-21-22-40-58-61(53(2,3)4,48-23-13-9-14-24-48)49-25-15-10-16-26-49/h9-20,23-36,42-43H,8,21-22,37-41H2,1-7H3/b34-32+. The number of benzene rings is 5. The first-order valence-electron chi connectivity index (χ1n) is 22.2. The van der Waals surface area contributed by atoms with Crippen LogP contribution in [0.15, 0.2) is 152 Å². The molecule has 62 heavy (non-hydrogen) atoms. The largest absolute Gasteiger partial charge is 0.493 e. The van der Waals surface area contributed by atoms with E-state index in [2.05, 4.69) is 205 Å². The number of nitrogens with zero attached hydrogens (tertiary/aromatic N) is 1. The Morgan fingerprint density at radius 2 is 1.02 bits per heavy atom. The normalized spacial score (nSPS) is 12.4. The number of carbonyl (C=O) groups excluding carboxylic acids is 1. The molecule has 0 radical (unpaired) electrons. The minimum atomic E-state index is -2.68. The quantitative estimate of drug-likeness (QED) is 0.0409. The van der Waals surface area contributed by atoms with Crippen LogP contribution >= 0.6 is 11.3 Å². The maximum absolute atomic E-state index is 11.4. The van der Waals surface area contributed by atoms with Gasteiger partial charge in [0.15, 0.2) is 6.29 Å². The number of hydrogen-bond acceptors (Lipinski definition) is 6. The van der Waals surface area contributed by atoms with Gasteiger partial charge < -0.3 is 18.5 Å². The zero-order chi connectivity index (χ0) is 44.1. The highest BCUT2D eigenvalue weighted by Crippen LogP contribution is 2.38. The van der Waals surface area contributed by atoms with E-state index in [1.54, 1.807) is 0 Å². The van der Waals surface area contributed by atoms with Crippen molar-refractivity contribution in [3.05, 3.63) is 167 Å². The average Bonchev–Trinajstić information content (AvgIpc) is 3.75. The lowest BCUT2D eigenvalue weighted by molar-refractivity contribution is 0.112. The molecule has 1 aromatic heterocycles. The smallest absolute Gasteiger partial charge is 0.261 e. The number of thiophene rings is 1. The third-order valence-electron chi connectivity index (χ3n) is 11.7. The summed E-state index contributed by atoms with van der Waals surface area (Å²) in [5.74, 6) is 0.841. The Bertz CT molecular complexity index is 2220. The molecule has 6 rings (SSSR count). The summed E-state index contributed by atoms with van der Waals surface area (Å²) in [6.45, 7) is 19.6. The van der Waals surface area contributed by atoms with Gasteiger partial charge in [-0.05, 0) is 86.5 Å². The summed E-state index contributed by atoms with van der Waals surface area (Å²) in [7, 11) is -5.29. The summed E-state index contributed by atoms with van der Waals surface area (Å²) >= 11 is 1.48. The Balaban J connectivity index is 1.21. The highest BCUT2D eigenvalue weighted by molar-refractivity contribution is 7.14. The molecule has 0 N–H and O–H groups in total. The Kier molecular flexibility index (Phi) is 16.2. The third-order valence-corrected chi connectivity index (χ3v) is 22.7. The topological polar surface area (TPSA) is 48.0 Å². The lowest BCUT2D eigenvalue weighted by Crippen LogP contribution is -2.67. The zero-order valence-electron chi connectivity index (χ0n) is 37.8. The van der Waals surface area contributed by atoms with Gasteiger partial charge in [0.1, 0.15) is 5.75 Å². The minimum Gasteiger partial charge on any atom is -0.493 e. The van der Waals surface area contributed by atoms with E-state index < -0.39 is 16.6 Å². The molecule has 5 aromatic carbocycles. The molecular formula is C54H65NO4SSi2. The van der Waals surface area contributed by atoms with Crippen molar-refractivity contribution in [2.75, 3.05) is 37.8 Å². The molecule has 0 spiro atoms. The molecular weight excluding hydrogens is 815 g/mol. The van der Waals surface area contributed by atoms with Crippen molar-refractivity contribution in [3.8, 4) is 5.75 Å².